The Morgan fingerprint density at radius 2 is 2.25 bits per heavy atom. The van der Waals surface area contributed by atoms with Crippen LogP contribution in [0.15, 0.2) is 16.5 Å². The molecule has 0 bridgehead atoms. The van der Waals surface area contributed by atoms with Crippen molar-refractivity contribution in [2.24, 2.45) is 0 Å². The molecule has 0 aliphatic rings. The van der Waals surface area contributed by atoms with E-state index in [0.717, 1.165) is 5.76 Å². The molecule has 12 heavy (non-hydrogen) atoms. The predicted molar refractivity (Wildman–Crippen MR) is 44.9 cm³/mol. The molecule has 1 rings (SSSR count). The normalized spacial score (nSPS) is 9.83. The molecule has 0 aromatic carbocycles. The lowest BCUT2D eigenvalue weighted by molar-refractivity contribution is 0.0933. The highest BCUT2D eigenvalue weighted by molar-refractivity contribution is 5.91. The SMILES string of the molecule is CNCc1ccc(C(=O)NC)o1. The molecule has 66 valence electrons. The molecule has 2 N–H and O–H groups in total. The molecule has 0 spiro atoms. The number of amides is 1. The topological polar surface area (TPSA) is 54.3 Å². The van der Waals surface area contributed by atoms with E-state index in [1.807, 2.05) is 7.05 Å². The highest BCUT2D eigenvalue weighted by Crippen LogP contribution is 2.06. The zero-order valence-electron chi connectivity index (χ0n) is 7.18. The maximum Gasteiger partial charge on any atom is 0.286 e. The van der Waals surface area contributed by atoms with Gasteiger partial charge in [-0.1, -0.05) is 0 Å². The van der Waals surface area contributed by atoms with Gasteiger partial charge in [-0.2, -0.15) is 0 Å². The third kappa shape index (κ3) is 1.85. The van der Waals surface area contributed by atoms with E-state index >= 15 is 0 Å². The Morgan fingerprint density at radius 3 is 2.83 bits per heavy atom. The quantitative estimate of drug-likeness (QED) is 0.685. The van der Waals surface area contributed by atoms with E-state index in [1.54, 1.807) is 19.2 Å². The fourth-order valence-electron chi connectivity index (χ4n) is 0.892. The minimum absolute atomic E-state index is 0.197. The molecule has 0 unspecified atom stereocenters. The predicted octanol–water partition coefficient (Wildman–Crippen LogP) is 0.359. The van der Waals surface area contributed by atoms with E-state index in [9.17, 15) is 4.79 Å². The molecule has 0 fully saturated rings. The third-order valence-electron chi connectivity index (χ3n) is 1.46. The minimum atomic E-state index is -0.197. The van der Waals surface area contributed by atoms with E-state index in [2.05, 4.69) is 10.6 Å². The number of hydrogen-bond donors (Lipinski definition) is 2. The third-order valence-corrected chi connectivity index (χ3v) is 1.46. The molecular formula is C8H12N2O2. The van der Waals surface area contributed by atoms with Crippen LogP contribution in [0.5, 0.6) is 0 Å². The average Bonchev–Trinajstić information content (AvgIpc) is 2.52. The van der Waals surface area contributed by atoms with Crippen molar-refractivity contribution in [3.8, 4) is 0 Å². The average molecular weight is 168 g/mol. The van der Waals surface area contributed by atoms with Gasteiger partial charge in [0, 0.05) is 7.05 Å². The Hall–Kier alpha value is -1.29. The van der Waals surface area contributed by atoms with Gasteiger partial charge in [-0.25, -0.2) is 0 Å². The first-order chi connectivity index (χ1) is 5.77. The zero-order valence-corrected chi connectivity index (χ0v) is 7.18. The summed E-state index contributed by atoms with van der Waals surface area (Å²) in [5.74, 6) is 0.913. The second-order valence-corrected chi connectivity index (χ2v) is 2.38. The Kier molecular flexibility index (Phi) is 2.88. The monoisotopic (exact) mass is 168 g/mol. The number of carbonyl (C=O) groups is 1. The van der Waals surface area contributed by atoms with Crippen molar-refractivity contribution in [2.75, 3.05) is 14.1 Å². The van der Waals surface area contributed by atoms with Crippen LogP contribution >= 0.6 is 0 Å². The molecule has 0 radical (unpaired) electrons. The lowest BCUT2D eigenvalue weighted by Gasteiger charge is -1.94. The van der Waals surface area contributed by atoms with Crippen molar-refractivity contribution >= 4 is 5.91 Å². The molecule has 1 aromatic heterocycles. The van der Waals surface area contributed by atoms with Crippen LogP contribution in [-0.2, 0) is 6.54 Å². The van der Waals surface area contributed by atoms with Gasteiger partial charge >= 0.3 is 0 Å². The van der Waals surface area contributed by atoms with Crippen molar-refractivity contribution in [1.82, 2.24) is 10.6 Å². The van der Waals surface area contributed by atoms with Crippen LogP contribution < -0.4 is 10.6 Å². The molecule has 1 heterocycles. The summed E-state index contributed by atoms with van der Waals surface area (Å²) in [5, 5.41) is 5.41. The molecule has 4 nitrogen and oxygen atoms in total. The summed E-state index contributed by atoms with van der Waals surface area (Å²) < 4.78 is 5.20. The standard InChI is InChI=1S/C8H12N2O2/c1-9-5-6-3-4-7(12-6)8(11)10-2/h3-4,9H,5H2,1-2H3,(H,10,11). The second kappa shape index (κ2) is 3.92. The first-order valence-electron chi connectivity index (χ1n) is 3.73. The van der Waals surface area contributed by atoms with Gasteiger partial charge in [-0.15, -0.1) is 0 Å². The lowest BCUT2D eigenvalue weighted by Crippen LogP contribution is -2.16. The van der Waals surface area contributed by atoms with Gasteiger partial charge in [-0.05, 0) is 19.2 Å². The molecule has 1 amide bonds. The van der Waals surface area contributed by atoms with Crippen LogP contribution in [-0.4, -0.2) is 20.0 Å². The van der Waals surface area contributed by atoms with Crippen molar-refractivity contribution in [1.29, 1.82) is 0 Å². The number of rotatable bonds is 3. The maximum absolute atomic E-state index is 11.0. The molecule has 1 aromatic rings. The Balaban J connectivity index is 2.70. The molecule has 0 aliphatic carbocycles. The van der Waals surface area contributed by atoms with Gasteiger partial charge in [0.05, 0.1) is 6.54 Å². The van der Waals surface area contributed by atoms with Crippen LogP contribution in [0, 0.1) is 0 Å². The first-order valence-corrected chi connectivity index (χ1v) is 3.73. The molecular weight excluding hydrogens is 156 g/mol. The van der Waals surface area contributed by atoms with Crippen LogP contribution in [0.3, 0.4) is 0 Å². The van der Waals surface area contributed by atoms with E-state index in [-0.39, 0.29) is 5.91 Å². The van der Waals surface area contributed by atoms with E-state index in [0.29, 0.717) is 12.3 Å². The molecule has 0 saturated carbocycles. The number of hydrogen-bond acceptors (Lipinski definition) is 3. The minimum Gasteiger partial charge on any atom is -0.455 e. The Labute approximate surface area is 70.9 Å². The highest BCUT2D eigenvalue weighted by atomic mass is 16.4. The van der Waals surface area contributed by atoms with Crippen LogP contribution in [0.2, 0.25) is 0 Å². The smallest absolute Gasteiger partial charge is 0.286 e. The zero-order chi connectivity index (χ0) is 8.97. The van der Waals surface area contributed by atoms with Crippen LogP contribution in [0.1, 0.15) is 16.3 Å². The van der Waals surface area contributed by atoms with Crippen molar-refractivity contribution in [2.45, 2.75) is 6.54 Å². The van der Waals surface area contributed by atoms with Gasteiger partial charge < -0.3 is 15.1 Å². The summed E-state index contributed by atoms with van der Waals surface area (Å²) in [5.41, 5.74) is 0. The molecule has 4 heteroatoms. The van der Waals surface area contributed by atoms with E-state index in [4.69, 9.17) is 4.42 Å². The number of furan rings is 1. The molecule has 0 atom stereocenters. The Morgan fingerprint density at radius 1 is 1.50 bits per heavy atom. The van der Waals surface area contributed by atoms with Gasteiger partial charge in [0.25, 0.3) is 5.91 Å². The fourth-order valence-corrected chi connectivity index (χ4v) is 0.892. The van der Waals surface area contributed by atoms with Crippen LogP contribution in [0.25, 0.3) is 0 Å². The fraction of sp³-hybridized carbons (Fsp3) is 0.375. The summed E-state index contributed by atoms with van der Waals surface area (Å²) >= 11 is 0. The molecule has 0 aliphatic heterocycles. The van der Waals surface area contributed by atoms with Crippen molar-refractivity contribution < 1.29 is 9.21 Å². The lowest BCUT2D eigenvalue weighted by atomic mass is 10.4. The number of nitrogens with one attached hydrogen (secondary N) is 2. The van der Waals surface area contributed by atoms with Gasteiger partial charge in [0.15, 0.2) is 5.76 Å². The number of carbonyl (C=O) groups excluding carboxylic acids is 1. The summed E-state index contributed by atoms with van der Waals surface area (Å²) in [6.45, 7) is 0.636. The first kappa shape index (κ1) is 8.80. The largest absolute Gasteiger partial charge is 0.455 e. The maximum atomic E-state index is 11.0. The van der Waals surface area contributed by atoms with Crippen LogP contribution in [0.4, 0.5) is 0 Å². The summed E-state index contributed by atoms with van der Waals surface area (Å²) in [7, 11) is 3.39. The summed E-state index contributed by atoms with van der Waals surface area (Å²) in [4.78, 5) is 11.0. The second-order valence-electron chi connectivity index (χ2n) is 2.38. The van der Waals surface area contributed by atoms with Gasteiger partial charge in [0.2, 0.25) is 0 Å². The van der Waals surface area contributed by atoms with E-state index < -0.39 is 0 Å². The Bertz CT molecular complexity index is 268. The highest BCUT2D eigenvalue weighted by Gasteiger charge is 2.07. The van der Waals surface area contributed by atoms with Crippen molar-refractivity contribution in [3.05, 3.63) is 23.7 Å². The molecule has 0 saturated heterocycles. The van der Waals surface area contributed by atoms with Crippen molar-refractivity contribution in [3.63, 3.8) is 0 Å². The summed E-state index contributed by atoms with van der Waals surface area (Å²) in [6.07, 6.45) is 0. The van der Waals surface area contributed by atoms with E-state index in [1.165, 1.54) is 0 Å². The van der Waals surface area contributed by atoms with Gasteiger partial charge in [-0.3, -0.25) is 4.79 Å². The van der Waals surface area contributed by atoms with Gasteiger partial charge in [0.1, 0.15) is 5.76 Å². The summed E-state index contributed by atoms with van der Waals surface area (Å²) in [6, 6.07) is 3.44.